The second-order valence-electron chi connectivity index (χ2n) is 7.54. The fraction of sp³-hybridized carbons (Fsp3) is 0.667. The Morgan fingerprint density at radius 3 is 2.63 bits per heavy atom. The van der Waals surface area contributed by atoms with Gasteiger partial charge in [-0.05, 0) is 24.8 Å². The van der Waals surface area contributed by atoms with Crippen molar-refractivity contribution in [2.24, 2.45) is 0 Å². The summed E-state index contributed by atoms with van der Waals surface area (Å²) in [6.07, 6.45) is 3.14. The third-order valence-electron chi connectivity index (χ3n) is 5.32. The molecule has 0 bridgehead atoms. The molecule has 8 nitrogen and oxygen atoms in total. The second-order valence-corrected chi connectivity index (χ2v) is 8.27. The van der Waals surface area contributed by atoms with Crippen LogP contribution in [0.25, 0.3) is 0 Å². The van der Waals surface area contributed by atoms with E-state index in [0.29, 0.717) is 6.54 Å². The van der Waals surface area contributed by atoms with E-state index in [1.54, 1.807) is 10.7 Å². The standard InChI is InChI=1S/C18H27N7OS/c1-22(2)18-19-16(21-27-18)13-24-8-6-23(7-9-24)10-11-25-17(26)12-14-4-3-5-15(14)20-25/h12H,3-11,13H2,1-2H3. The average Bonchev–Trinajstić information content (AvgIpc) is 3.30. The highest BCUT2D eigenvalue weighted by Gasteiger charge is 2.20. The highest BCUT2D eigenvalue weighted by molar-refractivity contribution is 7.09. The first-order valence-corrected chi connectivity index (χ1v) is 10.4. The SMILES string of the molecule is CN(C)c1nc(CN2CCN(CCn3nc4c(cc3=O)CCC4)CC2)ns1. The van der Waals surface area contributed by atoms with Crippen LogP contribution in [-0.2, 0) is 25.9 Å². The molecule has 2 aromatic heterocycles. The van der Waals surface area contributed by atoms with Crippen LogP contribution in [-0.4, -0.2) is 75.8 Å². The van der Waals surface area contributed by atoms with Crippen molar-refractivity contribution in [3.63, 3.8) is 0 Å². The van der Waals surface area contributed by atoms with Crippen molar-refractivity contribution in [1.29, 1.82) is 0 Å². The maximum atomic E-state index is 12.2. The third kappa shape index (κ3) is 4.36. The van der Waals surface area contributed by atoms with Gasteiger partial charge in [0.25, 0.3) is 5.56 Å². The number of nitrogens with zero attached hydrogens (tertiary/aromatic N) is 7. The van der Waals surface area contributed by atoms with E-state index in [1.807, 2.05) is 19.0 Å². The minimum absolute atomic E-state index is 0.0422. The second kappa shape index (κ2) is 8.04. The molecule has 0 radical (unpaired) electrons. The Balaban J connectivity index is 1.25. The van der Waals surface area contributed by atoms with Crippen LogP contribution in [0.15, 0.2) is 10.9 Å². The van der Waals surface area contributed by atoms with Crippen molar-refractivity contribution in [3.8, 4) is 0 Å². The Morgan fingerprint density at radius 2 is 1.89 bits per heavy atom. The minimum atomic E-state index is 0.0422. The van der Waals surface area contributed by atoms with Gasteiger partial charge in [0.15, 0.2) is 5.82 Å². The van der Waals surface area contributed by atoms with Crippen LogP contribution in [0.4, 0.5) is 5.13 Å². The van der Waals surface area contributed by atoms with E-state index >= 15 is 0 Å². The van der Waals surface area contributed by atoms with Gasteiger partial charge in [-0.1, -0.05) is 0 Å². The van der Waals surface area contributed by atoms with E-state index in [0.717, 1.165) is 80.7 Å². The van der Waals surface area contributed by atoms with E-state index in [4.69, 9.17) is 0 Å². The fourth-order valence-electron chi connectivity index (χ4n) is 3.70. The molecular weight excluding hydrogens is 362 g/mol. The number of anilines is 1. The molecule has 3 heterocycles. The Hall–Kier alpha value is -1.84. The number of aryl methyl sites for hydroxylation is 2. The minimum Gasteiger partial charge on any atom is -0.353 e. The van der Waals surface area contributed by atoms with E-state index in [2.05, 4.69) is 24.3 Å². The van der Waals surface area contributed by atoms with Gasteiger partial charge >= 0.3 is 0 Å². The molecule has 4 rings (SSSR count). The van der Waals surface area contributed by atoms with E-state index in [1.165, 1.54) is 11.5 Å². The van der Waals surface area contributed by atoms with Gasteiger partial charge in [0, 0.05) is 64.4 Å². The van der Waals surface area contributed by atoms with Crippen molar-refractivity contribution in [2.75, 3.05) is 51.7 Å². The zero-order valence-corrected chi connectivity index (χ0v) is 16.9. The van der Waals surface area contributed by atoms with Crippen LogP contribution in [0, 0.1) is 0 Å². The third-order valence-corrected chi connectivity index (χ3v) is 6.24. The topological polar surface area (TPSA) is 70.4 Å². The monoisotopic (exact) mass is 389 g/mol. The first-order chi connectivity index (χ1) is 13.1. The smallest absolute Gasteiger partial charge is 0.267 e. The Labute approximate surface area is 163 Å². The summed E-state index contributed by atoms with van der Waals surface area (Å²) in [6.45, 7) is 6.37. The number of aromatic nitrogens is 4. The molecule has 0 unspecified atom stereocenters. The summed E-state index contributed by atoms with van der Waals surface area (Å²) in [4.78, 5) is 23.6. The summed E-state index contributed by atoms with van der Waals surface area (Å²) in [5.41, 5.74) is 2.31. The van der Waals surface area contributed by atoms with Gasteiger partial charge in [0.05, 0.1) is 18.8 Å². The lowest BCUT2D eigenvalue weighted by Crippen LogP contribution is -2.47. The average molecular weight is 390 g/mol. The lowest BCUT2D eigenvalue weighted by molar-refractivity contribution is 0.121. The van der Waals surface area contributed by atoms with Gasteiger partial charge < -0.3 is 4.90 Å². The van der Waals surface area contributed by atoms with Crippen molar-refractivity contribution < 1.29 is 0 Å². The Morgan fingerprint density at radius 1 is 1.11 bits per heavy atom. The van der Waals surface area contributed by atoms with Crippen molar-refractivity contribution in [2.45, 2.75) is 32.4 Å². The molecule has 0 N–H and O–H groups in total. The highest BCUT2D eigenvalue weighted by atomic mass is 32.1. The maximum absolute atomic E-state index is 12.2. The molecule has 0 amide bonds. The molecule has 0 saturated carbocycles. The first kappa shape index (κ1) is 18.5. The van der Waals surface area contributed by atoms with Gasteiger partial charge in [-0.2, -0.15) is 9.47 Å². The van der Waals surface area contributed by atoms with Gasteiger partial charge in [0.2, 0.25) is 5.13 Å². The molecule has 27 heavy (non-hydrogen) atoms. The van der Waals surface area contributed by atoms with E-state index < -0.39 is 0 Å². The molecule has 0 atom stereocenters. The summed E-state index contributed by atoms with van der Waals surface area (Å²) >= 11 is 1.45. The van der Waals surface area contributed by atoms with Crippen LogP contribution in [0.5, 0.6) is 0 Å². The largest absolute Gasteiger partial charge is 0.353 e. The van der Waals surface area contributed by atoms with Crippen molar-refractivity contribution >= 4 is 16.7 Å². The molecule has 0 spiro atoms. The highest BCUT2D eigenvalue weighted by Crippen LogP contribution is 2.17. The quantitative estimate of drug-likeness (QED) is 0.711. The molecule has 0 aromatic carbocycles. The molecule has 2 aliphatic rings. The molecule has 1 aliphatic carbocycles. The Bertz CT molecular complexity index is 838. The number of hydrogen-bond acceptors (Lipinski definition) is 8. The zero-order valence-electron chi connectivity index (χ0n) is 16.1. The van der Waals surface area contributed by atoms with Gasteiger partial charge in [-0.3, -0.25) is 14.6 Å². The van der Waals surface area contributed by atoms with Gasteiger partial charge in [-0.25, -0.2) is 9.67 Å². The van der Waals surface area contributed by atoms with Crippen LogP contribution in [0.2, 0.25) is 0 Å². The summed E-state index contributed by atoms with van der Waals surface area (Å²) in [5.74, 6) is 0.908. The Kier molecular flexibility index (Phi) is 5.51. The zero-order chi connectivity index (χ0) is 18.8. The molecule has 1 saturated heterocycles. The number of fused-ring (bicyclic) bond motifs is 1. The molecule has 1 fully saturated rings. The van der Waals surface area contributed by atoms with E-state index in [-0.39, 0.29) is 5.56 Å². The van der Waals surface area contributed by atoms with Crippen LogP contribution in [0.3, 0.4) is 0 Å². The van der Waals surface area contributed by atoms with Gasteiger partial charge in [-0.15, -0.1) is 0 Å². The van der Waals surface area contributed by atoms with Crippen LogP contribution >= 0.6 is 11.5 Å². The number of piperazine rings is 1. The summed E-state index contributed by atoms with van der Waals surface area (Å²) in [6, 6.07) is 1.79. The van der Waals surface area contributed by atoms with Crippen LogP contribution in [0.1, 0.15) is 23.5 Å². The molecule has 9 heteroatoms. The number of hydrogen-bond donors (Lipinski definition) is 0. The normalized spacial score (nSPS) is 18.0. The molecule has 2 aromatic rings. The fourth-order valence-corrected chi connectivity index (χ4v) is 4.29. The van der Waals surface area contributed by atoms with Crippen LogP contribution < -0.4 is 10.5 Å². The van der Waals surface area contributed by atoms with Gasteiger partial charge in [0.1, 0.15) is 0 Å². The predicted molar refractivity (Wildman–Crippen MR) is 106 cm³/mol. The first-order valence-electron chi connectivity index (χ1n) is 9.63. The van der Waals surface area contributed by atoms with Crippen molar-refractivity contribution in [3.05, 3.63) is 33.5 Å². The summed E-state index contributed by atoms with van der Waals surface area (Å²) in [7, 11) is 3.98. The summed E-state index contributed by atoms with van der Waals surface area (Å²) < 4.78 is 6.10. The van der Waals surface area contributed by atoms with Crippen molar-refractivity contribution in [1.82, 2.24) is 28.9 Å². The molecule has 1 aliphatic heterocycles. The molecular formula is C18H27N7OS. The predicted octanol–water partition coefficient (Wildman–Crippen LogP) is 0.467. The van der Waals surface area contributed by atoms with E-state index in [9.17, 15) is 4.79 Å². The maximum Gasteiger partial charge on any atom is 0.267 e. The lowest BCUT2D eigenvalue weighted by atomic mass is 10.2. The summed E-state index contributed by atoms with van der Waals surface area (Å²) in [5, 5.41) is 5.53. The number of rotatable bonds is 6. The lowest BCUT2D eigenvalue weighted by Gasteiger charge is -2.34. The molecule has 146 valence electrons.